The van der Waals surface area contributed by atoms with Crippen LogP contribution < -0.4 is 9.46 Å². The number of aliphatic hydroxyl groups is 1. The standard InChI is InChI=1S/C15H18FNO4S2/c1-10(18)14-6-4-12(22-14)7-8-17-23(19,20)15-9-11(16)3-5-13(15)21-2/h3-6,9-10,17-18H,7-8H2,1-2H3. The summed E-state index contributed by atoms with van der Waals surface area (Å²) in [6.45, 7) is 1.84. The highest BCUT2D eigenvalue weighted by Gasteiger charge is 2.20. The van der Waals surface area contributed by atoms with Gasteiger partial charge in [-0.25, -0.2) is 17.5 Å². The topological polar surface area (TPSA) is 75.6 Å². The summed E-state index contributed by atoms with van der Waals surface area (Å²) in [5, 5.41) is 9.47. The smallest absolute Gasteiger partial charge is 0.244 e. The van der Waals surface area contributed by atoms with Crippen molar-refractivity contribution in [3.05, 3.63) is 45.9 Å². The molecule has 8 heteroatoms. The molecule has 0 radical (unpaired) electrons. The summed E-state index contributed by atoms with van der Waals surface area (Å²) in [5.74, 6) is -0.558. The highest BCUT2D eigenvalue weighted by molar-refractivity contribution is 7.89. The molecular formula is C15H18FNO4S2. The largest absolute Gasteiger partial charge is 0.495 e. The summed E-state index contributed by atoms with van der Waals surface area (Å²) in [5.41, 5.74) is 0. The molecule has 0 bridgehead atoms. The highest BCUT2D eigenvalue weighted by atomic mass is 32.2. The first-order chi connectivity index (χ1) is 10.8. The maximum atomic E-state index is 13.3. The number of aliphatic hydroxyl groups excluding tert-OH is 1. The van der Waals surface area contributed by atoms with E-state index >= 15 is 0 Å². The third-order valence-electron chi connectivity index (χ3n) is 3.17. The Bertz CT molecular complexity index is 772. The maximum absolute atomic E-state index is 13.3. The normalized spacial score (nSPS) is 13.0. The molecule has 1 aromatic heterocycles. The molecule has 0 saturated carbocycles. The van der Waals surface area contributed by atoms with Crippen LogP contribution in [0.5, 0.6) is 5.75 Å². The Morgan fingerprint density at radius 1 is 1.35 bits per heavy atom. The molecule has 2 aromatic rings. The van der Waals surface area contributed by atoms with E-state index in [9.17, 15) is 17.9 Å². The number of sulfonamides is 1. The average Bonchev–Trinajstić information content (AvgIpc) is 2.96. The molecule has 126 valence electrons. The van der Waals surface area contributed by atoms with Crippen LogP contribution in [0.25, 0.3) is 0 Å². The number of hydrogen-bond acceptors (Lipinski definition) is 5. The molecule has 0 saturated heterocycles. The third-order valence-corrected chi connectivity index (χ3v) is 5.97. The first-order valence-electron chi connectivity index (χ1n) is 6.93. The van der Waals surface area contributed by atoms with Gasteiger partial charge in [-0.2, -0.15) is 0 Å². The summed E-state index contributed by atoms with van der Waals surface area (Å²) in [7, 11) is -2.54. The summed E-state index contributed by atoms with van der Waals surface area (Å²) < 4.78 is 45.3. The average molecular weight is 359 g/mol. The fourth-order valence-electron chi connectivity index (χ4n) is 2.00. The van der Waals surface area contributed by atoms with Crippen molar-refractivity contribution >= 4 is 21.4 Å². The SMILES string of the molecule is COc1ccc(F)cc1S(=O)(=O)NCCc1ccc(C(C)O)s1. The number of rotatable bonds is 7. The first kappa shape index (κ1) is 17.9. The second kappa shape index (κ2) is 7.39. The third kappa shape index (κ3) is 4.51. The lowest BCUT2D eigenvalue weighted by Crippen LogP contribution is -2.26. The minimum absolute atomic E-state index is 0.0893. The van der Waals surface area contributed by atoms with Gasteiger partial charge >= 0.3 is 0 Å². The number of thiophene rings is 1. The van der Waals surface area contributed by atoms with Crippen LogP contribution in [0.4, 0.5) is 4.39 Å². The van der Waals surface area contributed by atoms with Gasteiger partial charge in [0.25, 0.3) is 0 Å². The lowest BCUT2D eigenvalue weighted by Gasteiger charge is -2.10. The predicted octanol–water partition coefficient (Wildman–Crippen LogP) is 2.47. The number of methoxy groups -OCH3 is 1. The molecule has 0 aliphatic rings. The first-order valence-corrected chi connectivity index (χ1v) is 9.23. The van der Waals surface area contributed by atoms with Gasteiger partial charge in [0, 0.05) is 16.3 Å². The molecule has 5 nitrogen and oxygen atoms in total. The molecule has 1 unspecified atom stereocenters. The molecule has 0 amide bonds. The van der Waals surface area contributed by atoms with Gasteiger partial charge in [0.15, 0.2) is 0 Å². The van der Waals surface area contributed by atoms with E-state index in [2.05, 4.69) is 4.72 Å². The number of benzene rings is 1. The van der Waals surface area contributed by atoms with Crippen molar-refractivity contribution in [3.63, 3.8) is 0 Å². The van der Waals surface area contributed by atoms with Crippen molar-refractivity contribution in [1.29, 1.82) is 0 Å². The fraction of sp³-hybridized carbons (Fsp3) is 0.333. The summed E-state index contributed by atoms with van der Waals surface area (Å²) in [4.78, 5) is 1.56. The van der Waals surface area contributed by atoms with E-state index in [1.54, 1.807) is 6.92 Å². The van der Waals surface area contributed by atoms with Crippen molar-refractivity contribution in [2.24, 2.45) is 0 Å². The molecule has 0 aliphatic carbocycles. The maximum Gasteiger partial charge on any atom is 0.244 e. The number of halogens is 1. The minimum atomic E-state index is -3.86. The predicted molar refractivity (Wildman–Crippen MR) is 86.8 cm³/mol. The molecule has 0 spiro atoms. The second-order valence-electron chi connectivity index (χ2n) is 4.92. The van der Waals surface area contributed by atoms with Gasteiger partial charge in [-0.1, -0.05) is 0 Å². The Balaban J connectivity index is 2.05. The number of hydrogen-bond donors (Lipinski definition) is 2. The van der Waals surface area contributed by atoms with Crippen LogP contribution in [-0.4, -0.2) is 27.2 Å². The van der Waals surface area contributed by atoms with Crippen molar-refractivity contribution in [1.82, 2.24) is 4.72 Å². The van der Waals surface area contributed by atoms with Crippen molar-refractivity contribution in [3.8, 4) is 5.75 Å². The summed E-state index contributed by atoms with van der Waals surface area (Å²) in [6, 6.07) is 7.01. The van der Waals surface area contributed by atoms with Gasteiger partial charge in [0.1, 0.15) is 16.5 Å². The molecule has 1 aromatic carbocycles. The zero-order valence-electron chi connectivity index (χ0n) is 12.7. The van der Waals surface area contributed by atoms with Crippen LogP contribution in [0.15, 0.2) is 35.2 Å². The van der Waals surface area contributed by atoms with E-state index in [-0.39, 0.29) is 17.2 Å². The number of nitrogens with one attached hydrogen (secondary N) is 1. The lowest BCUT2D eigenvalue weighted by atomic mass is 10.3. The highest BCUT2D eigenvalue weighted by Crippen LogP contribution is 2.25. The molecular weight excluding hydrogens is 341 g/mol. The van der Waals surface area contributed by atoms with Gasteiger partial charge in [0.05, 0.1) is 13.2 Å². The second-order valence-corrected chi connectivity index (χ2v) is 7.86. The van der Waals surface area contributed by atoms with E-state index in [0.29, 0.717) is 6.42 Å². The Kier molecular flexibility index (Phi) is 5.74. The van der Waals surface area contributed by atoms with E-state index in [1.807, 2.05) is 12.1 Å². The molecule has 2 N–H and O–H groups in total. The van der Waals surface area contributed by atoms with Crippen molar-refractivity contribution in [2.75, 3.05) is 13.7 Å². The van der Waals surface area contributed by atoms with E-state index < -0.39 is 21.9 Å². The van der Waals surface area contributed by atoms with Crippen LogP contribution in [0.1, 0.15) is 22.8 Å². The molecule has 0 fully saturated rings. The Morgan fingerprint density at radius 2 is 2.09 bits per heavy atom. The zero-order valence-corrected chi connectivity index (χ0v) is 14.4. The van der Waals surface area contributed by atoms with Crippen LogP contribution in [0.2, 0.25) is 0 Å². The Morgan fingerprint density at radius 3 is 2.70 bits per heavy atom. The van der Waals surface area contributed by atoms with Gasteiger partial charge in [0.2, 0.25) is 10.0 Å². The van der Waals surface area contributed by atoms with Gasteiger partial charge in [-0.15, -0.1) is 11.3 Å². The van der Waals surface area contributed by atoms with Crippen LogP contribution in [0.3, 0.4) is 0 Å². The van der Waals surface area contributed by atoms with Crippen LogP contribution in [-0.2, 0) is 16.4 Å². The van der Waals surface area contributed by atoms with Gasteiger partial charge in [-0.3, -0.25) is 0 Å². The van der Waals surface area contributed by atoms with E-state index in [1.165, 1.54) is 24.5 Å². The number of ether oxygens (including phenoxy) is 1. The fourth-order valence-corrected chi connectivity index (χ4v) is 4.16. The Labute approximate surface area is 138 Å². The Hall–Kier alpha value is -1.48. The van der Waals surface area contributed by atoms with Crippen molar-refractivity contribution < 1.29 is 22.7 Å². The van der Waals surface area contributed by atoms with Gasteiger partial charge < -0.3 is 9.84 Å². The van der Waals surface area contributed by atoms with E-state index in [4.69, 9.17) is 4.74 Å². The van der Waals surface area contributed by atoms with Crippen LogP contribution >= 0.6 is 11.3 Å². The molecule has 1 heterocycles. The summed E-state index contributed by atoms with van der Waals surface area (Å²) >= 11 is 1.43. The molecule has 2 rings (SSSR count). The molecule has 0 aliphatic heterocycles. The van der Waals surface area contributed by atoms with Gasteiger partial charge in [-0.05, 0) is 43.7 Å². The van der Waals surface area contributed by atoms with Crippen LogP contribution in [0, 0.1) is 5.82 Å². The molecule has 23 heavy (non-hydrogen) atoms. The quantitative estimate of drug-likeness (QED) is 0.796. The monoisotopic (exact) mass is 359 g/mol. The van der Waals surface area contributed by atoms with Crippen molar-refractivity contribution in [2.45, 2.75) is 24.3 Å². The van der Waals surface area contributed by atoms with E-state index in [0.717, 1.165) is 21.9 Å². The summed E-state index contributed by atoms with van der Waals surface area (Å²) in [6.07, 6.45) is -0.0594. The minimum Gasteiger partial charge on any atom is -0.495 e. The lowest BCUT2D eigenvalue weighted by molar-refractivity contribution is 0.203. The zero-order chi connectivity index (χ0) is 17.0. The molecule has 1 atom stereocenters.